The quantitative estimate of drug-likeness (QED) is 0.786. The molecule has 0 aromatic rings. The third-order valence-corrected chi connectivity index (χ3v) is 5.12. The number of carboxylic acids is 1. The van der Waals surface area contributed by atoms with E-state index in [9.17, 15) is 9.59 Å². The van der Waals surface area contributed by atoms with Gasteiger partial charge in [-0.1, -0.05) is 0 Å². The Morgan fingerprint density at radius 1 is 0.857 bits per heavy atom. The smallest absolute Gasteiger partial charge is 0.320 e. The highest BCUT2D eigenvalue weighted by atomic mass is 16.4. The summed E-state index contributed by atoms with van der Waals surface area (Å²) in [4.78, 5) is 30.1. The maximum atomic E-state index is 12.7. The molecule has 0 bridgehead atoms. The summed E-state index contributed by atoms with van der Waals surface area (Å²) in [6, 6.07) is 0.561. The molecule has 3 heterocycles. The summed E-state index contributed by atoms with van der Waals surface area (Å²) in [5, 5.41) is 9.16. The zero-order chi connectivity index (χ0) is 14.8. The van der Waals surface area contributed by atoms with Crippen LogP contribution in [0.1, 0.15) is 32.1 Å². The van der Waals surface area contributed by atoms with Crippen LogP contribution in [0, 0.1) is 5.92 Å². The van der Waals surface area contributed by atoms with Crippen LogP contribution in [0.15, 0.2) is 0 Å². The minimum absolute atomic E-state index is 0.0506. The van der Waals surface area contributed by atoms with Crippen molar-refractivity contribution in [2.75, 3.05) is 39.3 Å². The van der Waals surface area contributed by atoms with E-state index in [0.717, 1.165) is 39.0 Å². The Labute approximate surface area is 125 Å². The summed E-state index contributed by atoms with van der Waals surface area (Å²) < 4.78 is 0. The van der Waals surface area contributed by atoms with Crippen LogP contribution in [0.2, 0.25) is 0 Å². The average Bonchev–Trinajstić information content (AvgIpc) is 2.83. The van der Waals surface area contributed by atoms with E-state index in [1.54, 1.807) is 4.90 Å². The number of hydrogen-bond donors (Lipinski definition) is 1. The van der Waals surface area contributed by atoms with Gasteiger partial charge in [0.1, 0.15) is 0 Å². The molecule has 0 aromatic heterocycles. The van der Waals surface area contributed by atoms with Crippen LogP contribution in [0.25, 0.3) is 0 Å². The van der Waals surface area contributed by atoms with Gasteiger partial charge in [0.2, 0.25) is 0 Å². The molecule has 6 heteroatoms. The summed E-state index contributed by atoms with van der Waals surface area (Å²) in [5.41, 5.74) is 0. The number of amides is 2. The fourth-order valence-corrected chi connectivity index (χ4v) is 3.93. The van der Waals surface area contributed by atoms with Gasteiger partial charge < -0.3 is 14.9 Å². The number of carbonyl (C=O) groups is 2. The van der Waals surface area contributed by atoms with E-state index in [2.05, 4.69) is 4.90 Å². The summed E-state index contributed by atoms with van der Waals surface area (Å²) in [7, 11) is 0. The first-order valence-electron chi connectivity index (χ1n) is 8.16. The number of aliphatic carboxylic acids is 1. The van der Waals surface area contributed by atoms with Crippen molar-refractivity contribution in [1.29, 1.82) is 0 Å². The van der Waals surface area contributed by atoms with E-state index in [1.807, 2.05) is 4.90 Å². The lowest BCUT2D eigenvalue weighted by atomic mass is 9.98. The highest BCUT2D eigenvalue weighted by Gasteiger charge is 2.34. The second-order valence-corrected chi connectivity index (χ2v) is 6.54. The standard InChI is InChI=1S/C15H25N3O3/c19-14(20)12-4-1-7-17(10-12)15(21)18-9-3-8-16-6-2-5-13(16)11-18/h12-13H,1-11H2,(H,19,20). The van der Waals surface area contributed by atoms with Gasteiger partial charge in [-0.3, -0.25) is 9.69 Å². The largest absolute Gasteiger partial charge is 0.481 e. The predicted octanol–water partition coefficient (Wildman–Crippen LogP) is 1.07. The van der Waals surface area contributed by atoms with Gasteiger partial charge in [0.15, 0.2) is 0 Å². The molecule has 2 unspecified atom stereocenters. The molecule has 2 atom stereocenters. The number of hydrogen-bond acceptors (Lipinski definition) is 3. The zero-order valence-electron chi connectivity index (χ0n) is 12.5. The number of carboxylic acid groups (broad SMARTS) is 1. The summed E-state index contributed by atoms with van der Waals surface area (Å²) in [6.45, 7) is 4.95. The Morgan fingerprint density at radius 3 is 2.33 bits per heavy atom. The van der Waals surface area contributed by atoms with E-state index >= 15 is 0 Å². The van der Waals surface area contributed by atoms with Crippen molar-refractivity contribution < 1.29 is 14.7 Å². The lowest BCUT2D eigenvalue weighted by molar-refractivity contribution is -0.143. The Kier molecular flexibility index (Phi) is 4.33. The van der Waals surface area contributed by atoms with Crippen LogP contribution in [0.4, 0.5) is 4.79 Å². The number of nitrogens with zero attached hydrogens (tertiary/aromatic N) is 3. The lowest BCUT2D eigenvalue weighted by Crippen LogP contribution is -2.50. The fraction of sp³-hybridized carbons (Fsp3) is 0.867. The van der Waals surface area contributed by atoms with Gasteiger partial charge in [0, 0.05) is 38.8 Å². The van der Waals surface area contributed by atoms with Crippen LogP contribution < -0.4 is 0 Å². The van der Waals surface area contributed by atoms with E-state index in [0.29, 0.717) is 25.6 Å². The number of piperidine rings is 1. The molecule has 118 valence electrons. The highest BCUT2D eigenvalue weighted by Crippen LogP contribution is 2.23. The van der Waals surface area contributed by atoms with Gasteiger partial charge in [0.25, 0.3) is 0 Å². The van der Waals surface area contributed by atoms with Gasteiger partial charge in [-0.2, -0.15) is 0 Å². The minimum Gasteiger partial charge on any atom is -0.481 e. The second-order valence-electron chi connectivity index (χ2n) is 6.54. The van der Waals surface area contributed by atoms with Crippen molar-refractivity contribution in [3.8, 4) is 0 Å². The van der Waals surface area contributed by atoms with Gasteiger partial charge >= 0.3 is 12.0 Å². The Balaban J connectivity index is 1.62. The number of fused-ring (bicyclic) bond motifs is 1. The molecule has 0 aliphatic carbocycles. The fourth-order valence-electron chi connectivity index (χ4n) is 3.93. The SMILES string of the molecule is O=C(O)C1CCCN(C(=O)N2CCCN3CCCC3C2)C1. The molecule has 6 nitrogen and oxygen atoms in total. The van der Waals surface area contributed by atoms with Gasteiger partial charge in [-0.25, -0.2) is 4.79 Å². The van der Waals surface area contributed by atoms with Crippen molar-refractivity contribution in [1.82, 2.24) is 14.7 Å². The molecule has 3 saturated heterocycles. The Bertz CT molecular complexity index is 415. The van der Waals surface area contributed by atoms with Crippen LogP contribution >= 0.6 is 0 Å². The van der Waals surface area contributed by atoms with E-state index in [1.165, 1.54) is 12.8 Å². The number of rotatable bonds is 1. The van der Waals surface area contributed by atoms with E-state index in [-0.39, 0.29) is 6.03 Å². The maximum Gasteiger partial charge on any atom is 0.320 e. The summed E-state index contributed by atoms with van der Waals surface area (Å²) in [6.07, 6.45) is 4.93. The molecule has 0 spiro atoms. The van der Waals surface area contributed by atoms with Crippen LogP contribution in [-0.4, -0.2) is 77.1 Å². The molecule has 2 amide bonds. The molecule has 3 aliphatic heterocycles. The van der Waals surface area contributed by atoms with Crippen molar-refractivity contribution >= 4 is 12.0 Å². The van der Waals surface area contributed by atoms with Crippen LogP contribution in [0.3, 0.4) is 0 Å². The topological polar surface area (TPSA) is 64.1 Å². The predicted molar refractivity (Wildman–Crippen MR) is 78.1 cm³/mol. The molecule has 3 rings (SSSR count). The van der Waals surface area contributed by atoms with E-state index in [4.69, 9.17) is 5.11 Å². The molecule has 0 saturated carbocycles. The number of likely N-dealkylation sites (tertiary alicyclic amines) is 1. The Hall–Kier alpha value is -1.30. The van der Waals surface area contributed by atoms with Gasteiger partial charge in [-0.05, 0) is 38.6 Å². The first-order valence-corrected chi connectivity index (χ1v) is 8.16. The normalized spacial score (nSPS) is 30.9. The van der Waals surface area contributed by atoms with Gasteiger partial charge in [0.05, 0.1) is 5.92 Å². The third kappa shape index (κ3) is 3.15. The molecule has 21 heavy (non-hydrogen) atoms. The lowest BCUT2D eigenvalue weighted by Gasteiger charge is -2.35. The molecule has 0 radical (unpaired) electrons. The minimum atomic E-state index is -0.773. The zero-order valence-corrected chi connectivity index (χ0v) is 12.5. The first-order chi connectivity index (χ1) is 10.1. The molecular formula is C15H25N3O3. The van der Waals surface area contributed by atoms with Crippen molar-refractivity contribution in [3.05, 3.63) is 0 Å². The second kappa shape index (κ2) is 6.22. The monoisotopic (exact) mass is 295 g/mol. The molecule has 1 N–H and O–H groups in total. The van der Waals surface area contributed by atoms with Gasteiger partial charge in [-0.15, -0.1) is 0 Å². The van der Waals surface area contributed by atoms with Crippen LogP contribution in [0.5, 0.6) is 0 Å². The Morgan fingerprint density at radius 2 is 1.52 bits per heavy atom. The van der Waals surface area contributed by atoms with Crippen LogP contribution in [-0.2, 0) is 4.79 Å². The third-order valence-electron chi connectivity index (χ3n) is 5.12. The molecule has 3 aliphatic rings. The van der Waals surface area contributed by atoms with Crippen molar-refractivity contribution in [2.24, 2.45) is 5.92 Å². The maximum absolute atomic E-state index is 12.7. The molecular weight excluding hydrogens is 270 g/mol. The first kappa shape index (κ1) is 14.6. The van der Waals surface area contributed by atoms with Crippen molar-refractivity contribution in [2.45, 2.75) is 38.1 Å². The average molecular weight is 295 g/mol. The summed E-state index contributed by atoms with van der Waals surface area (Å²) >= 11 is 0. The molecule has 0 aromatic carbocycles. The summed E-state index contributed by atoms with van der Waals surface area (Å²) in [5.74, 6) is -1.16. The molecule has 3 fully saturated rings. The van der Waals surface area contributed by atoms with Crippen molar-refractivity contribution in [3.63, 3.8) is 0 Å². The highest BCUT2D eigenvalue weighted by molar-refractivity contribution is 5.76. The number of carbonyl (C=O) groups excluding carboxylic acids is 1. The number of urea groups is 1. The van der Waals surface area contributed by atoms with E-state index < -0.39 is 11.9 Å².